The summed E-state index contributed by atoms with van der Waals surface area (Å²) < 4.78 is 3.40. The highest BCUT2D eigenvalue weighted by atomic mass is 16.2. The maximum atomic E-state index is 13.6. The topological polar surface area (TPSA) is 60.1 Å². The van der Waals surface area contributed by atoms with Crippen molar-refractivity contribution in [2.24, 2.45) is 0 Å². The normalized spacial score (nSPS) is 14.4. The molecule has 4 aromatic rings. The fraction of sp³-hybridized carbons (Fsp3) is 0.269. The molecule has 1 aliphatic rings. The molecular weight excluding hydrogens is 400 g/mol. The summed E-state index contributed by atoms with van der Waals surface area (Å²) in [5, 5.41) is 5.65. The van der Waals surface area contributed by atoms with Crippen LogP contribution in [0.4, 0.5) is 0 Å². The Balaban J connectivity index is 1.62. The van der Waals surface area contributed by atoms with Crippen molar-refractivity contribution in [2.45, 2.75) is 39.8 Å². The van der Waals surface area contributed by atoms with Crippen LogP contribution >= 0.6 is 0 Å². The molecule has 2 aromatic carbocycles. The molecule has 2 aromatic heterocycles. The number of nitrogens with zero attached hydrogens (tertiary/aromatic N) is 4. The van der Waals surface area contributed by atoms with E-state index >= 15 is 0 Å². The van der Waals surface area contributed by atoms with Gasteiger partial charge >= 0.3 is 0 Å². The number of fused-ring (bicyclic) bond motifs is 2. The number of hydrogen-bond donors (Lipinski definition) is 0. The maximum absolute atomic E-state index is 13.6. The number of aryl methyl sites for hydroxylation is 2. The van der Waals surface area contributed by atoms with Gasteiger partial charge in [0.2, 0.25) is 5.91 Å². The molecule has 1 aliphatic heterocycles. The Labute approximate surface area is 186 Å². The lowest BCUT2D eigenvalue weighted by Gasteiger charge is -2.31. The molecular formula is C26H26N4O2. The number of pyridine rings is 1. The zero-order chi connectivity index (χ0) is 22.4. The van der Waals surface area contributed by atoms with Crippen LogP contribution in [-0.2, 0) is 17.8 Å². The van der Waals surface area contributed by atoms with Crippen LogP contribution in [0.1, 0.15) is 35.3 Å². The minimum Gasteiger partial charge on any atom is -0.336 e. The standard InChI is InChI=1S/C26H26N4O2/c1-17-15-23(31)29(25-24(17)18(2)27-30(25)22-11-5-4-6-12-22)19(3)26(32)28-14-13-20-9-7-8-10-21(20)16-28/h4-12,15,19H,13-14,16H2,1-3H3. The van der Waals surface area contributed by atoms with Gasteiger partial charge in [-0.3, -0.25) is 14.2 Å². The number of benzene rings is 2. The predicted molar refractivity (Wildman–Crippen MR) is 125 cm³/mol. The third kappa shape index (κ3) is 3.23. The summed E-state index contributed by atoms with van der Waals surface area (Å²) in [4.78, 5) is 28.7. The SMILES string of the molecule is Cc1cc(=O)n(C(C)C(=O)N2CCc3ccccc3C2)c2c1c(C)nn2-c1ccccc1. The Morgan fingerprint density at radius 1 is 1.00 bits per heavy atom. The van der Waals surface area contributed by atoms with E-state index in [0.29, 0.717) is 18.7 Å². The van der Waals surface area contributed by atoms with Crippen LogP contribution in [0, 0.1) is 13.8 Å². The van der Waals surface area contributed by atoms with Crippen molar-refractivity contribution in [1.29, 1.82) is 0 Å². The largest absolute Gasteiger partial charge is 0.336 e. The summed E-state index contributed by atoms with van der Waals surface area (Å²) in [6.45, 7) is 6.90. The van der Waals surface area contributed by atoms with Crippen LogP contribution in [0.15, 0.2) is 65.5 Å². The molecule has 0 saturated carbocycles. The van der Waals surface area contributed by atoms with E-state index in [-0.39, 0.29) is 11.5 Å². The van der Waals surface area contributed by atoms with Gasteiger partial charge in [-0.25, -0.2) is 4.68 Å². The Bertz CT molecular complexity index is 1380. The van der Waals surface area contributed by atoms with E-state index in [1.165, 1.54) is 11.1 Å². The minimum atomic E-state index is -0.644. The van der Waals surface area contributed by atoms with Crippen molar-refractivity contribution in [1.82, 2.24) is 19.2 Å². The van der Waals surface area contributed by atoms with E-state index in [0.717, 1.165) is 28.8 Å². The lowest BCUT2D eigenvalue weighted by atomic mass is 9.99. The van der Waals surface area contributed by atoms with Crippen molar-refractivity contribution < 1.29 is 4.79 Å². The number of carbonyl (C=O) groups excluding carboxylic acids is 1. The van der Waals surface area contributed by atoms with Gasteiger partial charge in [-0.05, 0) is 56.0 Å². The van der Waals surface area contributed by atoms with Crippen LogP contribution in [0.3, 0.4) is 0 Å². The van der Waals surface area contributed by atoms with Crippen molar-refractivity contribution in [2.75, 3.05) is 6.54 Å². The highest BCUT2D eigenvalue weighted by Crippen LogP contribution is 2.27. The molecule has 1 atom stereocenters. The summed E-state index contributed by atoms with van der Waals surface area (Å²) in [5.74, 6) is -0.0507. The van der Waals surface area contributed by atoms with Crippen molar-refractivity contribution in [3.05, 3.63) is 93.4 Å². The average Bonchev–Trinajstić information content (AvgIpc) is 3.16. The summed E-state index contributed by atoms with van der Waals surface area (Å²) in [6, 6.07) is 18.9. The molecule has 0 saturated heterocycles. The molecule has 0 bridgehead atoms. The number of aromatic nitrogens is 3. The number of para-hydroxylation sites is 1. The number of carbonyl (C=O) groups is 1. The molecule has 1 amide bonds. The molecule has 0 spiro atoms. The lowest BCUT2D eigenvalue weighted by Crippen LogP contribution is -2.42. The monoisotopic (exact) mass is 426 g/mol. The van der Waals surface area contributed by atoms with Crippen molar-refractivity contribution in [3.8, 4) is 5.69 Å². The van der Waals surface area contributed by atoms with Gasteiger partial charge in [-0.2, -0.15) is 5.10 Å². The first-order valence-electron chi connectivity index (χ1n) is 11.0. The van der Waals surface area contributed by atoms with E-state index in [2.05, 4.69) is 12.1 Å². The van der Waals surface area contributed by atoms with Crippen molar-refractivity contribution >= 4 is 16.9 Å². The number of amides is 1. The molecule has 3 heterocycles. The average molecular weight is 427 g/mol. The van der Waals surface area contributed by atoms with E-state index in [4.69, 9.17) is 5.10 Å². The fourth-order valence-electron chi connectivity index (χ4n) is 4.81. The summed E-state index contributed by atoms with van der Waals surface area (Å²) >= 11 is 0. The third-order valence-electron chi connectivity index (χ3n) is 6.42. The van der Waals surface area contributed by atoms with Gasteiger partial charge in [-0.1, -0.05) is 42.5 Å². The van der Waals surface area contributed by atoms with Gasteiger partial charge in [0, 0.05) is 24.5 Å². The molecule has 6 nitrogen and oxygen atoms in total. The molecule has 0 N–H and O–H groups in total. The van der Waals surface area contributed by atoms with Crippen LogP contribution in [0.2, 0.25) is 0 Å². The second-order valence-corrected chi connectivity index (χ2v) is 8.52. The Morgan fingerprint density at radius 3 is 2.44 bits per heavy atom. The Hall–Kier alpha value is -3.67. The predicted octanol–water partition coefficient (Wildman–Crippen LogP) is 3.95. The zero-order valence-electron chi connectivity index (χ0n) is 18.6. The lowest BCUT2D eigenvalue weighted by molar-refractivity contribution is -0.135. The molecule has 0 radical (unpaired) electrons. The summed E-state index contributed by atoms with van der Waals surface area (Å²) in [7, 11) is 0. The molecule has 6 heteroatoms. The smallest absolute Gasteiger partial charge is 0.253 e. The molecule has 1 unspecified atom stereocenters. The van der Waals surface area contributed by atoms with Gasteiger partial charge in [0.15, 0.2) is 0 Å². The van der Waals surface area contributed by atoms with Crippen molar-refractivity contribution in [3.63, 3.8) is 0 Å². The quantitative estimate of drug-likeness (QED) is 0.498. The number of rotatable bonds is 3. The van der Waals surface area contributed by atoms with Crippen LogP contribution in [0.5, 0.6) is 0 Å². The third-order valence-corrected chi connectivity index (χ3v) is 6.42. The zero-order valence-corrected chi connectivity index (χ0v) is 18.6. The fourth-order valence-corrected chi connectivity index (χ4v) is 4.81. The van der Waals surface area contributed by atoms with Gasteiger partial charge in [0.05, 0.1) is 11.4 Å². The highest BCUT2D eigenvalue weighted by molar-refractivity contribution is 5.87. The van der Waals surface area contributed by atoms with E-state index in [1.807, 2.05) is 68.1 Å². The highest BCUT2D eigenvalue weighted by Gasteiger charge is 2.29. The second-order valence-electron chi connectivity index (χ2n) is 8.52. The van der Waals surface area contributed by atoms with E-state index in [9.17, 15) is 9.59 Å². The summed E-state index contributed by atoms with van der Waals surface area (Å²) in [6.07, 6.45) is 0.827. The Kier molecular flexibility index (Phi) is 4.93. The van der Waals surface area contributed by atoms with Gasteiger partial charge in [0.25, 0.3) is 5.56 Å². The molecule has 32 heavy (non-hydrogen) atoms. The number of hydrogen-bond acceptors (Lipinski definition) is 3. The van der Waals surface area contributed by atoms with Gasteiger partial charge in [0.1, 0.15) is 11.7 Å². The Morgan fingerprint density at radius 2 is 1.69 bits per heavy atom. The molecule has 5 rings (SSSR count). The molecule has 0 aliphatic carbocycles. The van der Waals surface area contributed by atoms with Gasteiger partial charge < -0.3 is 4.90 Å². The minimum absolute atomic E-state index is 0.0507. The first-order valence-corrected chi connectivity index (χ1v) is 11.0. The van der Waals surface area contributed by atoms with Crippen LogP contribution in [-0.4, -0.2) is 31.7 Å². The second kappa shape index (κ2) is 7.79. The van der Waals surface area contributed by atoms with Gasteiger partial charge in [-0.15, -0.1) is 0 Å². The van der Waals surface area contributed by atoms with E-state index in [1.54, 1.807) is 15.3 Å². The summed E-state index contributed by atoms with van der Waals surface area (Å²) in [5.41, 5.74) is 5.50. The first kappa shape index (κ1) is 20.2. The van der Waals surface area contributed by atoms with E-state index < -0.39 is 6.04 Å². The first-order chi connectivity index (χ1) is 15.5. The molecule has 0 fully saturated rings. The van der Waals surface area contributed by atoms with Crippen LogP contribution < -0.4 is 5.56 Å². The molecule has 162 valence electrons. The van der Waals surface area contributed by atoms with Crippen LogP contribution in [0.25, 0.3) is 16.7 Å². The maximum Gasteiger partial charge on any atom is 0.253 e.